The third-order valence-electron chi connectivity index (χ3n) is 4.49. The lowest BCUT2D eigenvalue weighted by molar-refractivity contribution is 0.0953. The number of ether oxygens (including phenoxy) is 1. The summed E-state index contributed by atoms with van der Waals surface area (Å²) >= 11 is 0. The lowest BCUT2D eigenvalue weighted by Gasteiger charge is -2.08. The first-order valence-corrected chi connectivity index (χ1v) is 10.6. The number of nitrogens with one attached hydrogen (secondary N) is 2. The molecule has 0 bridgehead atoms. The second-order valence-corrected chi connectivity index (χ2v) is 6.93. The van der Waals surface area contributed by atoms with Gasteiger partial charge in [-0.3, -0.25) is 4.79 Å². The first kappa shape index (κ1) is 23.4. The van der Waals surface area contributed by atoms with Crippen LogP contribution in [0.2, 0.25) is 0 Å². The van der Waals surface area contributed by atoms with E-state index in [0.717, 1.165) is 44.6 Å². The molecular formula is C22H38N2O3. The molecule has 1 rings (SSSR count). The summed E-state index contributed by atoms with van der Waals surface area (Å²) in [5.41, 5.74) is 0.673. The molecule has 0 heterocycles. The number of aliphatic hydroxyl groups excluding tert-OH is 1. The molecule has 27 heavy (non-hydrogen) atoms. The van der Waals surface area contributed by atoms with Crippen LogP contribution in [-0.4, -0.2) is 43.9 Å². The van der Waals surface area contributed by atoms with E-state index >= 15 is 0 Å². The molecule has 0 aliphatic heterocycles. The summed E-state index contributed by atoms with van der Waals surface area (Å²) in [6.45, 7) is 5.40. The highest BCUT2D eigenvalue weighted by Crippen LogP contribution is 2.13. The summed E-state index contributed by atoms with van der Waals surface area (Å²) in [6.07, 6.45) is 10.6. The van der Waals surface area contributed by atoms with Crippen LogP contribution >= 0.6 is 0 Å². The summed E-state index contributed by atoms with van der Waals surface area (Å²) in [5.74, 6) is 0.798. The SMILES string of the molecule is CCCCCCCCOc1ccc(C(=O)NCCCCCNCCO)cc1. The molecule has 0 unspecified atom stereocenters. The van der Waals surface area contributed by atoms with E-state index in [1.165, 1.54) is 32.1 Å². The Hall–Kier alpha value is -1.59. The van der Waals surface area contributed by atoms with Gasteiger partial charge in [-0.05, 0) is 50.1 Å². The van der Waals surface area contributed by atoms with Gasteiger partial charge in [0.05, 0.1) is 13.2 Å². The Morgan fingerprint density at radius 2 is 1.56 bits per heavy atom. The number of aliphatic hydroxyl groups is 1. The highest BCUT2D eigenvalue weighted by molar-refractivity contribution is 5.94. The van der Waals surface area contributed by atoms with E-state index in [2.05, 4.69) is 17.6 Å². The van der Waals surface area contributed by atoms with Crippen molar-refractivity contribution in [1.29, 1.82) is 0 Å². The predicted octanol–water partition coefficient (Wildman–Crippen LogP) is 3.91. The summed E-state index contributed by atoms with van der Waals surface area (Å²) in [5, 5.41) is 14.8. The predicted molar refractivity (Wildman–Crippen MR) is 111 cm³/mol. The van der Waals surface area contributed by atoms with E-state index in [1.807, 2.05) is 24.3 Å². The number of benzene rings is 1. The second kappa shape index (κ2) is 16.6. The minimum atomic E-state index is -0.0316. The minimum Gasteiger partial charge on any atom is -0.494 e. The van der Waals surface area contributed by atoms with Gasteiger partial charge in [-0.25, -0.2) is 0 Å². The van der Waals surface area contributed by atoms with Crippen LogP contribution in [0.1, 0.15) is 75.1 Å². The van der Waals surface area contributed by atoms with Crippen molar-refractivity contribution in [3.8, 4) is 5.75 Å². The van der Waals surface area contributed by atoms with E-state index in [4.69, 9.17) is 9.84 Å². The first-order chi connectivity index (χ1) is 13.3. The fourth-order valence-corrected chi connectivity index (χ4v) is 2.83. The van der Waals surface area contributed by atoms with Crippen molar-refractivity contribution in [3.05, 3.63) is 29.8 Å². The van der Waals surface area contributed by atoms with Crippen molar-refractivity contribution in [2.45, 2.75) is 64.7 Å². The van der Waals surface area contributed by atoms with Crippen molar-refractivity contribution >= 4 is 5.91 Å². The summed E-state index contributed by atoms with van der Waals surface area (Å²) in [7, 11) is 0. The summed E-state index contributed by atoms with van der Waals surface area (Å²) < 4.78 is 5.75. The average Bonchev–Trinajstić information content (AvgIpc) is 2.69. The van der Waals surface area contributed by atoms with Gasteiger partial charge in [0, 0.05) is 18.7 Å². The van der Waals surface area contributed by atoms with Crippen LogP contribution in [0.5, 0.6) is 5.75 Å². The highest BCUT2D eigenvalue weighted by Gasteiger charge is 2.05. The number of amides is 1. The number of carbonyl (C=O) groups excluding carboxylic acids is 1. The zero-order valence-electron chi connectivity index (χ0n) is 17.0. The van der Waals surface area contributed by atoms with E-state index in [1.54, 1.807) is 0 Å². The molecule has 0 saturated heterocycles. The molecule has 0 fully saturated rings. The fraction of sp³-hybridized carbons (Fsp3) is 0.682. The third kappa shape index (κ3) is 12.4. The molecule has 0 radical (unpaired) electrons. The Labute approximate surface area is 164 Å². The Kier molecular flexibility index (Phi) is 14.4. The summed E-state index contributed by atoms with van der Waals surface area (Å²) in [6, 6.07) is 7.40. The van der Waals surface area contributed by atoms with Crippen molar-refractivity contribution in [2.75, 3.05) is 32.8 Å². The van der Waals surface area contributed by atoms with Crippen LogP contribution < -0.4 is 15.4 Å². The lowest BCUT2D eigenvalue weighted by Crippen LogP contribution is -2.24. The lowest BCUT2D eigenvalue weighted by atomic mass is 10.1. The maximum absolute atomic E-state index is 12.1. The van der Waals surface area contributed by atoms with E-state index in [0.29, 0.717) is 18.7 Å². The molecule has 1 amide bonds. The third-order valence-corrected chi connectivity index (χ3v) is 4.49. The highest BCUT2D eigenvalue weighted by atomic mass is 16.5. The van der Waals surface area contributed by atoms with Gasteiger partial charge in [-0.2, -0.15) is 0 Å². The van der Waals surface area contributed by atoms with Crippen LogP contribution in [0.15, 0.2) is 24.3 Å². The van der Waals surface area contributed by atoms with Crippen LogP contribution in [0.4, 0.5) is 0 Å². The Morgan fingerprint density at radius 1 is 0.889 bits per heavy atom. The van der Waals surface area contributed by atoms with Crippen molar-refractivity contribution in [2.24, 2.45) is 0 Å². The zero-order valence-corrected chi connectivity index (χ0v) is 17.0. The van der Waals surface area contributed by atoms with E-state index in [9.17, 15) is 4.79 Å². The largest absolute Gasteiger partial charge is 0.494 e. The maximum atomic E-state index is 12.1. The number of rotatable bonds is 17. The van der Waals surface area contributed by atoms with Crippen LogP contribution in [-0.2, 0) is 0 Å². The van der Waals surface area contributed by atoms with Crippen LogP contribution in [0.3, 0.4) is 0 Å². The van der Waals surface area contributed by atoms with Gasteiger partial charge in [0.2, 0.25) is 0 Å². The molecule has 1 aromatic carbocycles. The normalized spacial score (nSPS) is 10.7. The standard InChI is InChI=1S/C22H38N2O3/c1-2-3-4-5-6-10-19-27-21-13-11-20(12-14-21)22(26)24-16-9-7-8-15-23-17-18-25/h11-14,23,25H,2-10,15-19H2,1H3,(H,24,26). The van der Waals surface area contributed by atoms with Crippen molar-refractivity contribution in [1.82, 2.24) is 10.6 Å². The maximum Gasteiger partial charge on any atom is 0.251 e. The quantitative estimate of drug-likeness (QED) is 0.360. The average molecular weight is 379 g/mol. The van der Waals surface area contributed by atoms with Gasteiger partial charge in [-0.1, -0.05) is 45.4 Å². The van der Waals surface area contributed by atoms with Crippen molar-refractivity contribution < 1.29 is 14.6 Å². The molecule has 0 aliphatic rings. The van der Waals surface area contributed by atoms with Gasteiger partial charge < -0.3 is 20.5 Å². The minimum absolute atomic E-state index is 0.0316. The molecular weight excluding hydrogens is 340 g/mol. The van der Waals surface area contributed by atoms with Crippen LogP contribution in [0.25, 0.3) is 0 Å². The number of unbranched alkanes of at least 4 members (excludes halogenated alkanes) is 7. The monoisotopic (exact) mass is 378 g/mol. The molecule has 1 aromatic rings. The molecule has 0 spiro atoms. The van der Waals surface area contributed by atoms with Crippen LogP contribution in [0, 0.1) is 0 Å². The number of hydrogen-bond acceptors (Lipinski definition) is 4. The van der Waals surface area contributed by atoms with Gasteiger partial charge in [0.25, 0.3) is 5.91 Å². The van der Waals surface area contributed by atoms with Gasteiger partial charge in [0.15, 0.2) is 0 Å². The zero-order chi connectivity index (χ0) is 19.6. The Bertz CT molecular complexity index is 477. The molecule has 3 N–H and O–H groups in total. The molecule has 5 heteroatoms. The first-order valence-electron chi connectivity index (χ1n) is 10.6. The molecule has 0 saturated carbocycles. The fourth-order valence-electron chi connectivity index (χ4n) is 2.83. The van der Waals surface area contributed by atoms with E-state index < -0.39 is 0 Å². The Morgan fingerprint density at radius 3 is 2.30 bits per heavy atom. The topological polar surface area (TPSA) is 70.6 Å². The number of carbonyl (C=O) groups is 1. The summed E-state index contributed by atoms with van der Waals surface area (Å²) in [4.78, 5) is 12.1. The van der Waals surface area contributed by atoms with Crippen molar-refractivity contribution in [3.63, 3.8) is 0 Å². The molecule has 0 aliphatic carbocycles. The second-order valence-electron chi connectivity index (χ2n) is 6.93. The molecule has 5 nitrogen and oxygen atoms in total. The van der Waals surface area contributed by atoms with E-state index in [-0.39, 0.29) is 12.5 Å². The smallest absolute Gasteiger partial charge is 0.251 e. The molecule has 0 atom stereocenters. The van der Waals surface area contributed by atoms with Gasteiger partial charge in [0.1, 0.15) is 5.75 Å². The molecule has 0 aromatic heterocycles. The van der Waals surface area contributed by atoms with Gasteiger partial charge >= 0.3 is 0 Å². The Balaban J connectivity index is 2.09. The number of hydrogen-bond donors (Lipinski definition) is 3. The molecule has 154 valence electrons. The van der Waals surface area contributed by atoms with Gasteiger partial charge in [-0.15, -0.1) is 0 Å².